The molecule has 0 radical (unpaired) electrons. The third kappa shape index (κ3) is 6.16. The molecular weight excluding hydrogens is 432 g/mol. The standard InChI is InChI=1S/C27H34N2O5/c1-4-6-7-11-16-28-26(31)23-15-14-21(34-23)18-29-19(3)25(27(32)33-5-2)22(17-24(29)30)20-12-9-8-10-13-20/h8-10,12-15,22H,4-7,11,16-18H2,1-3H3,(H,28,31). The monoisotopic (exact) mass is 466 g/mol. The third-order valence-electron chi connectivity index (χ3n) is 6.04. The second kappa shape index (κ2) is 12.2. The van der Waals surface area contributed by atoms with Gasteiger partial charge in [-0.05, 0) is 38.0 Å². The molecule has 3 rings (SSSR count). The van der Waals surface area contributed by atoms with Gasteiger partial charge in [0, 0.05) is 24.6 Å². The van der Waals surface area contributed by atoms with E-state index in [9.17, 15) is 14.4 Å². The zero-order valence-corrected chi connectivity index (χ0v) is 20.3. The molecule has 0 saturated heterocycles. The van der Waals surface area contributed by atoms with E-state index in [2.05, 4.69) is 12.2 Å². The van der Waals surface area contributed by atoms with Crippen LogP contribution >= 0.6 is 0 Å². The average Bonchev–Trinajstić information content (AvgIpc) is 3.30. The van der Waals surface area contributed by atoms with E-state index in [1.165, 1.54) is 4.90 Å². The molecule has 7 heteroatoms. The number of ether oxygens (including phenoxy) is 1. The minimum Gasteiger partial charge on any atom is -0.463 e. The molecule has 0 fully saturated rings. The molecule has 1 N–H and O–H groups in total. The zero-order valence-electron chi connectivity index (χ0n) is 20.3. The highest BCUT2D eigenvalue weighted by molar-refractivity contribution is 5.96. The molecule has 1 aliphatic rings. The molecule has 1 atom stereocenters. The normalized spacial score (nSPS) is 16.0. The number of esters is 1. The predicted molar refractivity (Wildman–Crippen MR) is 129 cm³/mol. The molecular formula is C27H34N2O5. The van der Waals surface area contributed by atoms with Crippen LogP contribution in [0.2, 0.25) is 0 Å². The molecule has 2 amide bonds. The highest BCUT2D eigenvalue weighted by Gasteiger charge is 2.37. The number of benzene rings is 1. The zero-order chi connectivity index (χ0) is 24.5. The summed E-state index contributed by atoms with van der Waals surface area (Å²) in [7, 11) is 0. The number of hydrogen-bond donors (Lipinski definition) is 1. The minimum atomic E-state index is -0.422. The first-order chi connectivity index (χ1) is 16.5. The summed E-state index contributed by atoms with van der Waals surface area (Å²) in [5.74, 6) is -0.479. The van der Waals surface area contributed by atoms with Crippen LogP contribution < -0.4 is 5.32 Å². The molecule has 1 aromatic carbocycles. The summed E-state index contributed by atoms with van der Waals surface area (Å²) in [6.07, 6.45) is 4.45. The molecule has 0 bridgehead atoms. The lowest BCUT2D eigenvalue weighted by molar-refractivity contribution is -0.140. The lowest BCUT2D eigenvalue weighted by Gasteiger charge is -2.34. The van der Waals surface area contributed by atoms with Crippen molar-refractivity contribution in [2.45, 2.75) is 65.3 Å². The second-order valence-corrected chi connectivity index (χ2v) is 8.45. The van der Waals surface area contributed by atoms with E-state index in [-0.39, 0.29) is 43.1 Å². The summed E-state index contributed by atoms with van der Waals surface area (Å²) in [5, 5.41) is 2.87. The van der Waals surface area contributed by atoms with Crippen molar-refractivity contribution in [2.24, 2.45) is 0 Å². The Morgan fingerprint density at radius 1 is 1.09 bits per heavy atom. The molecule has 7 nitrogen and oxygen atoms in total. The molecule has 1 aromatic heterocycles. The van der Waals surface area contributed by atoms with Crippen molar-refractivity contribution in [1.82, 2.24) is 10.2 Å². The fraction of sp³-hybridized carbons (Fsp3) is 0.444. The lowest BCUT2D eigenvalue weighted by Crippen LogP contribution is -2.38. The van der Waals surface area contributed by atoms with E-state index < -0.39 is 5.97 Å². The molecule has 1 aliphatic heterocycles. The van der Waals surface area contributed by atoms with Crippen molar-refractivity contribution in [3.05, 3.63) is 70.8 Å². The maximum absolute atomic E-state index is 13.1. The maximum atomic E-state index is 13.1. The first-order valence-electron chi connectivity index (χ1n) is 12.1. The smallest absolute Gasteiger partial charge is 0.336 e. The molecule has 1 unspecified atom stereocenters. The van der Waals surface area contributed by atoms with E-state index in [0.29, 0.717) is 23.6 Å². The number of hydrogen-bond acceptors (Lipinski definition) is 5. The molecule has 2 aromatic rings. The van der Waals surface area contributed by atoms with E-state index in [0.717, 1.165) is 31.2 Å². The van der Waals surface area contributed by atoms with E-state index in [4.69, 9.17) is 9.15 Å². The van der Waals surface area contributed by atoms with Crippen LogP contribution in [0, 0.1) is 0 Å². The van der Waals surface area contributed by atoms with Crippen LogP contribution in [0.15, 0.2) is 58.2 Å². The molecule has 2 heterocycles. The van der Waals surface area contributed by atoms with Crippen LogP contribution in [0.4, 0.5) is 0 Å². The highest BCUT2D eigenvalue weighted by atomic mass is 16.5. The molecule has 34 heavy (non-hydrogen) atoms. The summed E-state index contributed by atoms with van der Waals surface area (Å²) < 4.78 is 11.1. The van der Waals surface area contributed by atoms with Crippen LogP contribution in [0.3, 0.4) is 0 Å². The Hall–Kier alpha value is -3.35. The fourth-order valence-electron chi connectivity index (χ4n) is 4.23. The number of nitrogens with one attached hydrogen (secondary N) is 1. The van der Waals surface area contributed by atoms with Gasteiger partial charge in [0.15, 0.2) is 5.76 Å². The largest absolute Gasteiger partial charge is 0.463 e. The first kappa shape index (κ1) is 25.3. The Labute approximate surface area is 201 Å². The first-order valence-corrected chi connectivity index (χ1v) is 12.1. The number of furan rings is 1. The Balaban J connectivity index is 1.76. The number of amides is 2. The van der Waals surface area contributed by atoms with Crippen molar-refractivity contribution in [1.29, 1.82) is 0 Å². The average molecular weight is 467 g/mol. The SMILES string of the molecule is CCCCCCNC(=O)c1ccc(CN2C(=O)CC(c3ccccc3)C(C(=O)OCC)=C2C)o1. The van der Waals surface area contributed by atoms with Crippen LogP contribution in [-0.4, -0.2) is 35.8 Å². The Morgan fingerprint density at radius 2 is 1.85 bits per heavy atom. The highest BCUT2D eigenvalue weighted by Crippen LogP contribution is 2.37. The van der Waals surface area contributed by atoms with Crippen LogP contribution in [0.1, 0.15) is 80.7 Å². The third-order valence-corrected chi connectivity index (χ3v) is 6.04. The van der Waals surface area contributed by atoms with Crippen molar-refractivity contribution >= 4 is 17.8 Å². The quantitative estimate of drug-likeness (QED) is 0.374. The Kier molecular flexibility index (Phi) is 9.08. The number of carbonyl (C=O) groups is 3. The van der Waals surface area contributed by atoms with E-state index >= 15 is 0 Å². The number of carbonyl (C=O) groups excluding carboxylic acids is 3. The van der Waals surface area contributed by atoms with Crippen LogP contribution in [-0.2, 0) is 20.9 Å². The Morgan fingerprint density at radius 3 is 2.56 bits per heavy atom. The summed E-state index contributed by atoms with van der Waals surface area (Å²) in [6.45, 7) is 6.65. The van der Waals surface area contributed by atoms with Crippen molar-refractivity contribution in [3.63, 3.8) is 0 Å². The van der Waals surface area contributed by atoms with Gasteiger partial charge in [-0.25, -0.2) is 4.79 Å². The fourth-order valence-corrected chi connectivity index (χ4v) is 4.23. The van der Waals surface area contributed by atoms with Gasteiger partial charge in [0.05, 0.1) is 18.7 Å². The van der Waals surface area contributed by atoms with Gasteiger partial charge < -0.3 is 19.4 Å². The number of nitrogens with zero attached hydrogens (tertiary/aromatic N) is 1. The van der Waals surface area contributed by atoms with Gasteiger partial charge in [-0.2, -0.15) is 0 Å². The van der Waals surface area contributed by atoms with Gasteiger partial charge in [0.1, 0.15) is 5.76 Å². The van der Waals surface area contributed by atoms with Gasteiger partial charge >= 0.3 is 5.97 Å². The minimum absolute atomic E-state index is 0.113. The number of rotatable bonds is 11. The predicted octanol–water partition coefficient (Wildman–Crippen LogP) is 4.94. The number of unbranched alkanes of at least 4 members (excludes halogenated alkanes) is 3. The number of allylic oxidation sites excluding steroid dienone is 1. The Bertz CT molecular complexity index is 1020. The summed E-state index contributed by atoms with van der Waals surface area (Å²) in [6, 6.07) is 12.8. The van der Waals surface area contributed by atoms with Gasteiger partial charge in [-0.15, -0.1) is 0 Å². The topological polar surface area (TPSA) is 88.9 Å². The van der Waals surface area contributed by atoms with Crippen LogP contribution in [0.5, 0.6) is 0 Å². The molecule has 182 valence electrons. The van der Waals surface area contributed by atoms with Crippen molar-refractivity contribution < 1.29 is 23.5 Å². The van der Waals surface area contributed by atoms with Crippen LogP contribution in [0.25, 0.3) is 0 Å². The van der Waals surface area contributed by atoms with E-state index in [1.807, 2.05) is 30.3 Å². The molecule has 0 aliphatic carbocycles. The van der Waals surface area contributed by atoms with Crippen molar-refractivity contribution in [3.8, 4) is 0 Å². The lowest BCUT2D eigenvalue weighted by atomic mass is 9.83. The summed E-state index contributed by atoms with van der Waals surface area (Å²) in [4.78, 5) is 39.9. The second-order valence-electron chi connectivity index (χ2n) is 8.45. The van der Waals surface area contributed by atoms with Gasteiger partial charge in [0.25, 0.3) is 5.91 Å². The maximum Gasteiger partial charge on any atom is 0.336 e. The molecule has 0 saturated carbocycles. The van der Waals surface area contributed by atoms with Crippen molar-refractivity contribution in [2.75, 3.05) is 13.2 Å². The van der Waals surface area contributed by atoms with E-state index in [1.54, 1.807) is 26.0 Å². The van der Waals surface area contributed by atoms with Gasteiger partial charge in [-0.1, -0.05) is 56.5 Å². The van der Waals surface area contributed by atoms with Gasteiger partial charge in [0.2, 0.25) is 5.91 Å². The summed E-state index contributed by atoms with van der Waals surface area (Å²) in [5.41, 5.74) is 1.92. The van der Waals surface area contributed by atoms with Gasteiger partial charge in [-0.3, -0.25) is 9.59 Å². The summed E-state index contributed by atoms with van der Waals surface area (Å²) >= 11 is 0. The molecule has 0 spiro atoms.